The number of hydrogen-bond acceptors (Lipinski definition) is 9. The maximum Gasteiger partial charge on any atom is 0.164 e. The van der Waals surface area contributed by atoms with Crippen molar-refractivity contribution in [3.8, 4) is 11.8 Å². The standard InChI is InChI=1S/C24H28N8O2/c25-10-19-13-29-24(15-27-19)31-23-9-20(28-12-17-3-1-6-26-11-17)21(14-30-23)32-7-5-18(16-32)22(34)4-2-8-33/h5,7,9,13-17,26,33H,1-4,6,8,11-12H2,(H2,28,29,30,31). The lowest BCUT2D eigenvalue weighted by Crippen LogP contribution is -2.33. The maximum absolute atomic E-state index is 12.4. The lowest BCUT2D eigenvalue weighted by molar-refractivity contribution is 0.0971. The van der Waals surface area contributed by atoms with Gasteiger partial charge in [0.15, 0.2) is 11.5 Å². The number of rotatable bonds is 10. The predicted octanol–water partition coefficient (Wildman–Crippen LogP) is 2.64. The Morgan fingerprint density at radius 2 is 2.15 bits per heavy atom. The van der Waals surface area contributed by atoms with Gasteiger partial charge in [-0.2, -0.15) is 5.26 Å². The first-order valence-corrected chi connectivity index (χ1v) is 11.4. The Labute approximate surface area is 198 Å². The van der Waals surface area contributed by atoms with Crippen molar-refractivity contribution in [3.05, 3.63) is 54.4 Å². The van der Waals surface area contributed by atoms with E-state index >= 15 is 0 Å². The second-order valence-corrected chi connectivity index (χ2v) is 8.26. The molecular formula is C24H28N8O2. The number of piperidine rings is 1. The van der Waals surface area contributed by atoms with E-state index in [0.29, 0.717) is 36.0 Å². The van der Waals surface area contributed by atoms with E-state index in [4.69, 9.17) is 10.4 Å². The molecule has 0 spiro atoms. The van der Waals surface area contributed by atoms with Crippen molar-refractivity contribution in [1.29, 1.82) is 5.26 Å². The monoisotopic (exact) mass is 460 g/mol. The third-order valence-corrected chi connectivity index (χ3v) is 5.74. The number of aliphatic hydroxyl groups excluding tert-OH is 1. The molecule has 10 heteroatoms. The van der Waals surface area contributed by atoms with Crippen LogP contribution >= 0.6 is 0 Å². The molecule has 3 aromatic rings. The summed E-state index contributed by atoms with van der Waals surface area (Å²) in [6, 6.07) is 5.64. The smallest absolute Gasteiger partial charge is 0.164 e. The summed E-state index contributed by atoms with van der Waals surface area (Å²) in [5.74, 6) is 1.59. The number of carbonyl (C=O) groups excluding carboxylic acids is 1. The molecule has 1 aliphatic heterocycles. The molecule has 4 rings (SSSR count). The normalized spacial score (nSPS) is 15.5. The Bertz CT molecular complexity index is 1150. The van der Waals surface area contributed by atoms with E-state index in [9.17, 15) is 4.79 Å². The van der Waals surface area contributed by atoms with E-state index in [0.717, 1.165) is 37.4 Å². The number of anilines is 3. The van der Waals surface area contributed by atoms with Crippen LogP contribution in [-0.4, -0.2) is 56.6 Å². The summed E-state index contributed by atoms with van der Waals surface area (Å²) < 4.78 is 1.88. The molecule has 0 saturated carbocycles. The van der Waals surface area contributed by atoms with Gasteiger partial charge in [0.1, 0.15) is 17.7 Å². The Morgan fingerprint density at radius 1 is 1.26 bits per heavy atom. The van der Waals surface area contributed by atoms with Gasteiger partial charge in [-0.3, -0.25) is 4.79 Å². The van der Waals surface area contributed by atoms with E-state index in [1.165, 1.54) is 18.8 Å². The number of hydrogen-bond donors (Lipinski definition) is 4. The molecule has 34 heavy (non-hydrogen) atoms. The molecule has 0 radical (unpaired) electrons. The lowest BCUT2D eigenvalue weighted by Gasteiger charge is -2.24. The minimum Gasteiger partial charge on any atom is -0.396 e. The van der Waals surface area contributed by atoms with Crippen LogP contribution in [0.4, 0.5) is 17.3 Å². The number of aliphatic hydroxyl groups is 1. The summed E-state index contributed by atoms with van der Waals surface area (Å²) >= 11 is 0. The quantitative estimate of drug-likeness (QED) is 0.336. The third kappa shape index (κ3) is 5.95. The zero-order chi connectivity index (χ0) is 23.8. The second kappa shape index (κ2) is 11.4. The SMILES string of the molecule is N#Cc1cnc(Nc2cc(NCC3CCCNC3)c(-n3ccc(C(=O)CCCO)c3)cn2)cn1. The molecule has 1 unspecified atom stereocenters. The van der Waals surface area contributed by atoms with Gasteiger partial charge in [-0.15, -0.1) is 0 Å². The molecule has 0 aliphatic carbocycles. The highest BCUT2D eigenvalue weighted by molar-refractivity contribution is 5.96. The van der Waals surface area contributed by atoms with Crippen LogP contribution in [0.25, 0.3) is 5.69 Å². The number of nitrogens with zero attached hydrogens (tertiary/aromatic N) is 5. The molecule has 1 aliphatic rings. The van der Waals surface area contributed by atoms with Gasteiger partial charge < -0.3 is 25.6 Å². The van der Waals surface area contributed by atoms with Gasteiger partial charge in [-0.05, 0) is 44.3 Å². The fraction of sp³-hybridized carbons (Fsp3) is 0.375. The summed E-state index contributed by atoms with van der Waals surface area (Å²) in [4.78, 5) is 25.1. The van der Waals surface area contributed by atoms with E-state index in [1.807, 2.05) is 22.9 Å². The largest absolute Gasteiger partial charge is 0.396 e. The van der Waals surface area contributed by atoms with Crippen LogP contribution in [0.3, 0.4) is 0 Å². The van der Waals surface area contributed by atoms with Gasteiger partial charge in [-0.1, -0.05) is 0 Å². The Morgan fingerprint density at radius 3 is 2.88 bits per heavy atom. The van der Waals surface area contributed by atoms with E-state index < -0.39 is 0 Å². The molecule has 4 N–H and O–H groups in total. The molecule has 0 bridgehead atoms. The highest BCUT2D eigenvalue weighted by atomic mass is 16.3. The van der Waals surface area contributed by atoms with E-state index in [-0.39, 0.29) is 18.1 Å². The average molecular weight is 461 g/mol. The van der Waals surface area contributed by atoms with E-state index in [2.05, 4.69) is 30.9 Å². The molecule has 3 aromatic heterocycles. The van der Waals surface area contributed by atoms with Crippen molar-refractivity contribution < 1.29 is 9.90 Å². The third-order valence-electron chi connectivity index (χ3n) is 5.74. The van der Waals surface area contributed by atoms with Crippen LogP contribution in [0.15, 0.2) is 43.1 Å². The van der Waals surface area contributed by atoms with Gasteiger partial charge in [0.25, 0.3) is 0 Å². The highest BCUT2D eigenvalue weighted by Gasteiger charge is 2.16. The number of carbonyl (C=O) groups is 1. The number of ketones is 1. The topological polar surface area (TPSA) is 141 Å². The second-order valence-electron chi connectivity index (χ2n) is 8.26. The Kier molecular flexibility index (Phi) is 7.80. The highest BCUT2D eigenvalue weighted by Crippen LogP contribution is 2.26. The number of nitriles is 1. The van der Waals surface area contributed by atoms with Crippen LogP contribution in [0, 0.1) is 17.2 Å². The molecular weight excluding hydrogens is 432 g/mol. The Balaban J connectivity index is 1.57. The van der Waals surface area contributed by atoms with Crippen LogP contribution in [-0.2, 0) is 0 Å². The van der Waals surface area contributed by atoms with Crippen molar-refractivity contribution in [1.82, 2.24) is 24.8 Å². The van der Waals surface area contributed by atoms with Crippen LogP contribution in [0.1, 0.15) is 41.7 Å². The van der Waals surface area contributed by atoms with Gasteiger partial charge in [-0.25, -0.2) is 15.0 Å². The van der Waals surface area contributed by atoms with Crippen LogP contribution in [0.2, 0.25) is 0 Å². The fourth-order valence-electron chi connectivity index (χ4n) is 3.89. The van der Waals surface area contributed by atoms with E-state index in [1.54, 1.807) is 18.5 Å². The van der Waals surface area contributed by atoms with Crippen LogP contribution in [0.5, 0.6) is 0 Å². The average Bonchev–Trinajstić information content (AvgIpc) is 3.37. The minimum absolute atomic E-state index is 0.00113. The molecule has 0 amide bonds. The summed E-state index contributed by atoms with van der Waals surface area (Å²) in [6.45, 7) is 2.85. The minimum atomic E-state index is -0.00145. The van der Waals surface area contributed by atoms with Gasteiger partial charge in [0.05, 0.1) is 30.0 Å². The number of nitrogens with one attached hydrogen (secondary N) is 3. The predicted molar refractivity (Wildman–Crippen MR) is 128 cm³/mol. The van der Waals surface area contributed by atoms with Crippen LogP contribution < -0.4 is 16.0 Å². The first-order chi connectivity index (χ1) is 16.7. The number of Topliss-reactive ketones (excluding diaryl/α,β-unsaturated/α-hetero) is 1. The lowest BCUT2D eigenvalue weighted by atomic mass is 10.00. The maximum atomic E-state index is 12.4. The van der Waals surface area contributed by atoms with Gasteiger partial charge >= 0.3 is 0 Å². The molecule has 1 fully saturated rings. The Hall–Kier alpha value is -3.81. The first kappa shape index (κ1) is 23.4. The first-order valence-electron chi connectivity index (χ1n) is 11.4. The molecule has 176 valence electrons. The molecule has 10 nitrogen and oxygen atoms in total. The van der Waals surface area contributed by atoms with Crippen molar-refractivity contribution in [2.24, 2.45) is 5.92 Å². The van der Waals surface area contributed by atoms with Crippen molar-refractivity contribution >= 4 is 23.1 Å². The fourth-order valence-corrected chi connectivity index (χ4v) is 3.89. The molecule has 1 saturated heterocycles. The summed E-state index contributed by atoms with van der Waals surface area (Å²) in [5.41, 5.74) is 2.54. The summed E-state index contributed by atoms with van der Waals surface area (Å²) in [7, 11) is 0. The number of pyridine rings is 1. The number of aromatic nitrogens is 4. The van der Waals surface area contributed by atoms with Crippen molar-refractivity contribution in [3.63, 3.8) is 0 Å². The molecule has 4 heterocycles. The van der Waals surface area contributed by atoms with Gasteiger partial charge in [0, 0.05) is 43.6 Å². The van der Waals surface area contributed by atoms with Crippen molar-refractivity contribution in [2.45, 2.75) is 25.7 Å². The van der Waals surface area contributed by atoms with Crippen molar-refractivity contribution in [2.75, 3.05) is 36.9 Å². The molecule has 0 aromatic carbocycles. The summed E-state index contributed by atoms with van der Waals surface area (Å²) in [5, 5.41) is 28.0. The summed E-state index contributed by atoms with van der Waals surface area (Å²) in [6.07, 6.45) is 11.4. The zero-order valence-corrected chi connectivity index (χ0v) is 18.9. The molecule has 1 atom stereocenters. The zero-order valence-electron chi connectivity index (χ0n) is 18.9. The van der Waals surface area contributed by atoms with Gasteiger partial charge in [0.2, 0.25) is 0 Å².